The number of benzene rings is 3. The highest BCUT2D eigenvalue weighted by Gasteiger charge is 2.45. The maximum atomic E-state index is 14.4. The second-order valence-electron chi connectivity index (χ2n) is 8.92. The predicted octanol–water partition coefficient (Wildman–Crippen LogP) is 5.92. The maximum Gasteiger partial charge on any atom is 0.308 e. The number of carbonyl (C=O) groups excluding carboxylic acids is 3. The van der Waals surface area contributed by atoms with Gasteiger partial charge in [0.15, 0.2) is 0 Å². The highest BCUT2D eigenvalue weighted by atomic mass is 127. The third-order valence-corrected chi connectivity index (χ3v) is 6.92. The van der Waals surface area contributed by atoms with Crippen molar-refractivity contribution in [2.75, 3.05) is 11.5 Å². The van der Waals surface area contributed by atoms with E-state index in [1.807, 2.05) is 92.7 Å². The quantitative estimate of drug-likeness (QED) is 0.251. The SMILES string of the molecule is CCOC(=O)CC(c1ccccc1)N1C(=O)c2cc(I)ccc2N(C(C)C)C(=O)C1c1ccccc1. The van der Waals surface area contributed by atoms with Crippen LogP contribution in [0.4, 0.5) is 5.69 Å². The lowest BCUT2D eigenvalue weighted by molar-refractivity contribution is -0.145. The van der Waals surface area contributed by atoms with Gasteiger partial charge in [0.05, 0.1) is 30.3 Å². The Kier molecular flexibility index (Phi) is 8.08. The van der Waals surface area contributed by atoms with Gasteiger partial charge in [-0.15, -0.1) is 0 Å². The van der Waals surface area contributed by atoms with Crippen LogP contribution in [0.3, 0.4) is 0 Å². The number of nitrogens with zero attached hydrogens (tertiary/aromatic N) is 2. The zero-order valence-corrected chi connectivity index (χ0v) is 22.7. The first-order valence-electron chi connectivity index (χ1n) is 12.0. The number of carbonyl (C=O) groups is 3. The second kappa shape index (κ2) is 11.2. The van der Waals surface area contributed by atoms with Crippen LogP contribution in [0.15, 0.2) is 78.9 Å². The third-order valence-electron chi connectivity index (χ3n) is 6.25. The van der Waals surface area contributed by atoms with Crippen molar-refractivity contribution in [1.29, 1.82) is 0 Å². The molecule has 6 nitrogen and oxygen atoms in total. The molecule has 2 atom stereocenters. The zero-order valence-electron chi connectivity index (χ0n) is 20.6. The van der Waals surface area contributed by atoms with Crippen molar-refractivity contribution in [3.63, 3.8) is 0 Å². The molecular formula is C29H29IN2O4. The van der Waals surface area contributed by atoms with Gasteiger partial charge in [-0.05, 0) is 72.7 Å². The average molecular weight is 596 g/mol. The Balaban J connectivity index is 1.99. The van der Waals surface area contributed by atoms with Gasteiger partial charge in [0.25, 0.3) is 11.8 Å². The van der Waals surface area contributed by atoms with E-state index in [1.54, 1.807) is 16.7 Å². The van der Waals surface area contributed by atoms with Crippen molar-refractivity contribution >= 4 is 46.1 Å². The molecule has 3 aromatic carbocycles. The maximum absolute atomic E-state index is 14.4. The molecule has 0 saturated heterocycles. The smallest absolute Gasteiger partial charge is 0.308 e. The minimum absolute atomic E-state index is 0.0683. The molecule has 0 fully saturated rings. The van der Waals surface area contributed by atoms with E-state index >= 15 is 0 Å². The Labute approximate surface area is 225 Å². The number of hydrogen-bond acceptors (Lipinski definition) is 4. The average Bonchev–Trinajstić information content (AvgIpc) is 2.96. The topological polar surface area (TPSA) is 66.9 Å². The molecule has 0 spiro atoms. The first-order chi connectivity index (χ1) is 17.3. The van der Waals surface area contributed by atoms with Gasteiger partial charge in [-0.25, -0.2) is 0 Å². The third kappa shape index (κ3) is 5.16. The first-order valence-corrected chi connectivity index (χ1v) is 13.1. The molecule has 3 aromatic rings. The minimum Gasteiger partial charge on any atom is -0.466 e. The van der Waals surface area contributed by atoms with Crippen LogP contribution >= 0.6 is 22.6 Å². The largest absolute Gasteiger partial charge is 0.466 e. The summed E-state index contributed by atoms with van der Waals surface area (Å²) in [5.41, 5.74) is 2.46. The van der Waals surface area contributed by atoms with Crippen LogP contribution in [0.25, 0.3) is 0 Å². The van der Waals surface area contributed by atoms with Gasteiger partial charge in [-0.1, -0.05) is 60.7 Å². The van der Waals surface area contributed by atoms with E-state index in [0.717, 1.165) is 9.13 Å². The summed E-state index contributed by atoms with van der Waals surface area (Å²) in [6.45, 7) is 5.86. The Bertz CT molecular complexity index is 1250. The number of hydrogen-bond donors (Lipinski definition) is 0. The lowest BCUT2D eigenvalue weighted by Crippen LogP contribution is -2.46. The van der Waals surface area contributed by atoms with Crippen LogP contribution < -0.4 is 4.90 Å². The summed E-state index contributed by atoms with van der Waals surface area (Å²) >= 11 is 2.17. The Morgan fingerprint density at radius 3 is 2.22 bits per heavy atom. The summed E-state index contributed by atoms with van der Waals surface area (Å²) in [5.74, 6) is -0.937. The first kappa shape index (κ1) is 25.9. The highest BCUT2D eigenvalue weighted by Crippen LogP contribution is 2.42. The Morgan fingerprint density at radius 2 is 1.61 bits per heavy atom. The summed E-state index contributed by atoms with van der Waals surface area (Å²) in [5, 5.41) is 0. The summed E-state index contributed by atoms with van der Waals surface area (Å²) in [7, 11) is 0. The van der Waals surface area contributed by atoms with Crippen molar-refractivity contribution in [2.45, 2.75) is 45.3 Å². The van der Waals surface area contributed by atoms with E-state index < -0.39 is 18.1 Å². The molecule has 4 rings (SSSR count). The number of esters is 1. The monoisotopic (exact) mass is 596 g/mol. The fourth-order valence-electron chi connectivity index (χ4n) is 4.74. The Hall–Kier alpha value is -3.20. The van der Waals surface area contributed by atoms with Gasteiger partial charge in [0.2, 0.25) is 0 Å². The molecule has 0 aliphatic carbocycles. The number of amides is 2. The molecule has 36 heavy (non-hydrogen) atoms. The predicted molar refractivity (Wildman–Crippen MR) is 148 cm³/mol. The lowest BCUT2D eigenvalue weighted by atomic mass is 9.95. The normalized spacial score (nSPS) is 16.5. The van der Waals surface area contributed by atoms with Crippen LogP contribution in [0.1, 0.15) is 60.8 Å². The molecule has 0 radical (unpaired) electrons. The van der Waals surface area contributed by atoms with Crippen molar-refractivity contribution in [3.8, 4) is 0 Å². The number of rotatable bonds is 7. The summed E-state index contributed by atoms with van der Waals surface area (Å²) in [4.78, 5) is 44.9. The van der Waals surface area contributed by atoms with E-state index in [1.165, 1.54) is 0 Å². The second-order valence-corrected chi connectivity index (χ2v) is 10.2. The molecule has 0 aromatic heterocycles. The van der Waals surface area contributed by atoms with Gasteiger partial charge < -0.3 is 14.5 Å². The van der Waals surface area contributed by atoms with Gasteiger partial charge in [-0.2, -0.15) is 0 Å². The number of ether oxygens (including phenoxy) is 1. The van der Waals surface area contributed by atoms with Crippen molar-refractivity contribution < 1.29 is 19.1 Å². The summed E-state index contributed by atoms with van der Waals surface area (Å²) in [6.07, 6.45) is -0.0683. The van der Waals surface area contributed by atoms with E-state index in [-0.39, 0.29) is 30.9 Å². The number of fused-ring (bicyclic) bond motifs is 1. The molecule has 0 N–H and O–H groups in total. The fourth-order valence-corrected chi connectivity index (χ4v) is 5.23. The van der Waals surface area contributed by atoms with E-state index in [9.17, 15) is 14.4 Å². The highest BCUT2D eigenvalue weighted by molar-refractivity contribution is 14.1. The molecule has 186 valence electrons. The van der Waals surface area contributed by atoms with Crippen LogP contribution in [-0.4, -0.2) is 35.3 Å². The summed E-state index contributed by atoms with van der Waals surface area (Å²) < 4.78 is 6.18. The fraction of sp³-hybridized carbons (Fsp3) is 0.276. The lowest BCUT2D eigenvalue weighted by Gasteiger charge is -2.37. The number of anilines is 1. The molecular weight excluding hydrogens is 567 g/mol. The van der Waals surface area contributed by atoms with Gasteiger partial charge in [-0.3, -0.25) is 14.4 Å². The molecule has 7 heteroatoms. The summed E-state index contributed by atoms with van der Waals surface area (Å²) in [6, 6.07) is 22.4. The zero-order chi connectivity index (χ0) is 25.8. The van der Waals surface area contributed by atoms with Crippen molar-refractivity contribution in [2.24, 2.45) is 0 Å². The molecule has 0 saturated carbocycles. The van der Waals surface area contributed by atoms with Gasteiger partial charge >= 0.3 is 5.97 Å². The standard InChI is InChI=1S/C29H29IN2O4/c1-4-36-26(33)18-25(20-11-7-5-8-12-20)32-27(21-13-9-6-10-14-21)29(35)31(19(2)3)24-16-15-22(30)17-23(24)28(32)34/h5-17,19,25,27H,4,18H2,1-3H3. The molecule has 1 heterocycles. The van der Waals surface area contributed by atoms with Crippen molar-refractivity contribution in [3.05, 3.63) is 99.1 Å². The molecule has 1 aliphatic heterocycles. The molecule has 2 unspecified atom stereocenters. The van der Waals surface area contributed by atoms with Crippen LogP contribution in [-0.2, 0) is 14.3 Å². The van der Waals surface area contributed by atoms with E-state index in [0.29, 0.717) is 16.8 Å². The van der Waals surface area contributed by atoms with Gasteiger partial charge in [0.1, 0.15) is 6.04 Å². The van der Waals surface area contributed by atoms with Crippen LogP contribution in [0.5, 0.6) is 0 Å². The van der Waals surface area contributed by atoms with Crippen LogP contribution in [0.2, 0.25) is 0 Å². The number of halogens is 1. The minimum atomic E-state index is -0.925. The molecule has 1 aliphatic rings. The van der Waals surface area contributed by atoms with Crippen LogP contribution in [0, 0.1) is 3.57 Å². The van der Waals surface area contributed by atoms with Crippen molar-refractivity contribution in [1.82, 2.24) is 4.90 Å². The van der Waals surface area contributed by atoms with Gasteiger partial charge in [0, 0.05) is 9.61 Å². The molecule has 2 amide bonds. The van der Waals surface area contributed by atoms with E-state index in [2.05, 4.69) is 22.6 Å². The molecule has 0 bridgehead atoms. The van der Waals surface area contributed by atoms with E-state index in [4.69, 9.17) is 4.74 Å². The Morgan fingerprint density at radius 1 is 0.972 bits per heavy atom.